The van der Waals surface area contributed by atoms with E-state index in [4.69, 9.17) is 9.47 Å². The minimum absolute atomic E-state index is 0.0602. The third kappa shape index (κ3) is 22.1. The maximum absolute atomic E-state index is 12.0. The Morgan fingerprint density at radius 2 is 0.969 bits per heavy atom. The Kier molecular flexibility index (Phi) is 23.7. The number of hydrogen-bond donors (Lipinski definition) is 1. The Balaban J connectivity index is 3.58. The average molecular weight is 457 g/mol. The Morgan fingerprint density at radius 3 is 1.38 bits per heavy atom. The van der Waals surface area contributed by atoms with E-state index in [1.54, 1.807) is 0 Å². The van der Waals surface area contributed by atoms with Crippen LogP contribution in [0.3, 0.4) is 0 Å². The van der Waals surface area contributed by atoms with Gasteiger partial charge in [0, 0.05) is 12.8 Å². The van der Waals surface area contributed by atoms with E-state index in [1.807, 2.05) is 0 Å². The minimum atomic E-state index is -0.756. The minimum Gasteiger partial charge on any atom is -0.462 e. The molecular weight excluding hydrogens is 404 g/mol. The molecule has 190 valence electrons. The van der Waals surface area contributed by atoms with Crippen molar-refractivity contribution in [2.45, 2.75) is 148 Å². The molecule has 0 bridgehead atoms. The topological polar surface area (TPSA) is 72.8 Å². The zero-order valence-electron chi connectivity index (χ0n) is 21.2. The van der Waals surface area contributed by atoms with Gasteiger partial charge in [0.15, 0.2) is 6.10 Å². The summed E-state index contributed by atoms with van der Waals surface area (Å²) in [5.74, 6) is -0.598. The highest BCUT2D eigenvalue weighted by molar-refractivity contribution is 5.70. The van der Waals surface area contributed by atoms with Crippen LogP contribution in [0.15, 0.2) is 0 Å². The van der Waals surface area contributed by atoms with Gasteiger partial charge < -0.3 is 14.6 Å². The molecule has 0 rings (SSSR count). The summed E-state index contributed by atoms with van der Waals surface area (Å²) in [6, 6.07) is 0. The normalized spacial score (nSPS) is 12.0. The molecule has 0 fully saturated rings. The van der Waals surface area contributed by atoms with E-state index in [-0.39, 0.29) is 25.2 Å². The van der Waals surface area contributed by atoms with E-state index >= 15 is 0 Å². The van der Waals surface area contributed by atoms with Crippen LogP contribution in [-0.4, -0.2) is 36.4 Å². The van der Waals surface area contributed by atoms with Gasteiger partial charge in [-0.1, -0.05) is 117 Å². The predicted octanol–water partition coefficient (Wildman–Crippen LogP) is 7.28. The van der Waals surface area contributed by atoms with Crippen LogP contribution >= 0.6 is 0 Å². The van der Waals surface area contributed by atoms with Gasteiger partial charge in [0.2, 0.25) is 0 Å². The summed E-state index contributed by atoms with van der Waals surface area (Å²) in [6.07, 6.45) is 21.7. The lowest BCUT2D eigenvalue weighted by Crippen LogP contribution is -2.28. The highest BCUT2D eigenvalue weighted by Crippen LogP contribution is 2.13. The van der Waals surface area contributed by atoms with Gasteiger partial charge in [0.05, 0.1) is 6.61 Å². The first-order valence-electron chi connectivity index (χ1n) is 13.6. The van der Waals surface area contributed by atoms with Crippen molar-refractivity contribution in [1.82, 2.24) is 0 Å². The molecule has 5 heteroatoms. The average Bonchev–Trinajstić information content (AvgIpc) is 2.79. The van der Waals surface area contributed by atoms with Crippen LogP contribution in [-0.2, 0) is 19.1 Å². The zero-order valence-corrected chi connectivity index (χ0v) is 21.2. The number of unbranched alkanes of at least 4 members (excludes halogenated alkanes) is 16. The maximum Gasteiger partial charge on any atom is 0.306 e. The fourth-order valence-corrected chi connectivity index (χ4v) is 3.79. The molecule has 0 saturated carbocycles. The lowest BCUT2D eigenvalue weighted by molar-refractivity contribution is -0.161. The number of hydrogen-bond acceptors (Lipinski definition) is 5. The van der Waals surface area contributed by atoms with Gasteiger partial charge >= 0.3 is 11.9 Å². The van der Waals surface area contributed by atoms with Gasteiger partial charge in [-0.25, -0.2) is 0 Å². The highest BCUT2D eigenvalue weighted by atomic mass is 16.6. The summed E-state index contributed by atoms with van der Waals surface area (Å²) < 4.78 is 10.4. The van der Waals surface area contributed by atoms with Crippen molar-refractivity contribution >= 4 is 11.9 Å². The summed E-state index contributed by atoms with van der Waals surface area (Å²) >= 11 is 0. The second kappa shape index (κ2) is 24.5. The van der Waals surface area contributed by atoms with E-state index in [0.29, 0.717) is 12.8 Å². The van der Waals surface area contributed by atoms with Gasteiger partial charge in [-0.05, 0) is 12.8 Å². The first-order chi connectivity index (χ1) is 15.6. The molecule has 1 N–H and O–H groups in total. The highest BCUT2D eigenvalue weighted by Gasteiger charge is 2.16. The van der Waals surface area contributed by atoms with Gasteiger partial charge in [-0.2, -0.15) is 0 Å². The molecule has 1 unspecified atom stereocenters. The third-order valence-electron chi connectivity index (χ3n) is 5.90. The lowest BCUT2D eigenvalue weighted by Gasteiger charge is -2.15. The van der Waals surface area contributed by atoms with E-state index in [2.05, 4.69) is 13.8 Å². The summed E-state index contributed by atoms with van der Waals surface area (Å²) in [5.41, 5.74) is 0. The van der Waals surface area contributed by atoms with Gasteiger partial charge in [0.25, 0.3) is 0 Å². The van der Waals surface area contributed by atoms with Crippen LogP contribution < -0.4 is 0 Å². The number of rotatable bonds is 24. The van der Waals surface area contributed by atoms with Crippen molar-refractivity contribution in [1.29, 1.82) is 0 Å². The van der Waals surface area contributed by atoms with Crippen LogP contribution in [0.2, 0.25) is 0 Å². The summed E-state index contributed by atoms with van der Waals surface area (Å²) in [4.78, 5) is 23.8. The van der Waals surface area contributed by atoms with Gasteiger partial charge in [-0.15, -0.1) is 0 Å². The molecule has 0 aromatic heterocycles. The van der Waals surface area contributed by atoms with Crippen molar-refractivity contribution in [2.24, 2.45) is 0 Å². The van der Waals surface area contributed by atoms with Gasteiger partial charge in [-0.3, -0.25) is 9.59 Å². The second-order valence-electron chi connectivity index (χ2n) is 9.13. The summed E-state index contributed by atoms with van der Waals surface area (Å²) in [6.45, 7) is 4.05. The molecule has 0 spiro atoms. The Morgan fingerprint density at radius 1 is 0.594 bits per heavy atom. The lowest BCUT2D eigenvalue weighted by atomic mass is 10.0. The maximum atomic E-state index is 12.0. The molecule has 32 heavy (non-hydrogen) atoms. The number of aliphatic hydroxyl groups excluding tert-OH is 1. The van der Waals surface area contributed by atoms with E-state index in [9.17, 15) is 14.7 Å². The van der Waals surface area contributed by atoms with Crippen molar-refractivity contribution in [2.75, 3.05) is 13.2 Å². The molecule has 5 nitrogen and oxygen atoms in total. The monoisotopic (exact) mass is 456 g/mol. The van der Waals surface area contributed by atoms with E-state index in [0.717, 1.165) is 38.5 Å². The van der Waals surface area contributed by atoms with Crippen LogP contribution in [0.25, 0.3) is 0 Å². The molecular formula is C27H52O5. The van der Waals surface area contributed by atoms with E-state index in [1.165, 1.54) is 77.0 Å². The van der Waals surface area contributed by atoms with Crippen LogP contribution in [0.5, 0.6) is 0 Å². The zero-order chi connectivity index (χ0) is 23.7. The molecule has 0 heterocycles. The van der Waals surface area contributed by atoms with Crippen molar-refractivity contribution in [3.63, 3.8) is 0 Å². The smallest absolute Gasteiger partial charge is 0.306 e. The van der Waals surface area contributed by atoms with Crippen molar-refractivity contribution in [3.05, 3.63) is 0 Å². The SMILES string of the molecule is CCCCCCCCCCCCCCC(=O)OC(CO)COC(=O)CCCCCCCC. The number of carbonyl (C=O) groups is 2. The molecule has 0 aliphatic rings. The Labute approximate surface area is 198 Å². The molecule has 1 atom stereocenters. The van der Waals surface area contributed by atoms with Crippen LogP contribution in [0.4, 0.5) is 0 Å². The Bertz CT molecular complexity index is 424. The molecule has 0 amide bonds. The van der Waals surface area contributed by atoms with Crippen LogP contribution in [0.1, 0.15) is 142 Å². The summed E-state index contributed by atoms with van der Waals surface area (Å²) in [5, 5.41) is 9.39. The molecule has 0 aromatic rings. The number of aliphatic hydroxyl groups is 1. The number of carbonyl (C=O) groups excluding carboxylic acids is 2. The largest absolute Gasteiger partial charge is 0.462 e. The fourth-order valence-electron chi connectivity index (χ4n) is 3.79. The van der Waals surface area contributed by atoms with Crippen molar-refractivity contribution in [3.8, 4) is 0 Å². The first-order valence-corrected chi connectivity index (χ1v) is 13.6. The second-order valence-corrected chi connectivity index (χ2v) is 9.13. The molecule has 0 aromatic carbocycles. The van der Waals surface area contributed by atoms with Crippen LogP contribution in [0, 0.1) is 0 Å². The van der Waals surface area contributed by atoms with Gasteiger partial charge in [0.1, 0.15) is 6.61 Å². The number of ether oxygens (including phenoxy) is 2. The van der Waals surface area contributed by atoms with E-state index < -0.39 is 6.10 Å². The summed E-state index contributed by atoms with van der Waals surface area (Å²) in [7, 11) is 0. The Hall–Kier alpha value is -1.10. The molecule has 0 aliphatic heterocycles. The molecule has 0 aliphatic carbocycles. The molecule has 0 saturated heterocycles. The standard InChI is InChI=1S/C27H52O5/c1-3-5-7-9-11-12-13-14-15-16-18-20-22-27(30)32-25(23-28)24-31-26(29)21-19-17-10-8-6-4-2/h25,28H,3-24H2,1-2H3. The quantitative estimate of drug-likeness (QED) is 0.122. The molecule has 0 radical (unpaired) electrons. The third-order valence-corrected chi connectivity index (χ3v) is 5.90. The number of esters is 2. The fraction of sp³-hybridized carbons (Fsp3) is 0.926. The predicted molar refractivity (Wildman–Crippen MR) is 132 cm³/mol. The first kappa shape index (κ1) is 30.9. The van der Waals surface area contributed by atoms with Crippen molar-refractivity contribution < 1.29 is 24.2 Å².